The number of carbonyl (C=O) groups is 2. The molecule has 5 heteroatoms. The summed E-state index contributed by atoms with van der Waals surface area (Å²) in [6.45, 7) is 7.60. The van der Waals surface area contributed by atoms with E-state index in [0.29, 0.717) is 12.8 Å². The normalized spacial score (nSPS) is 23.8. The summed E-state index contributed by atoms with van der Waals surface area (Å²) in [5, 5.41) is 3.05. The van der Waals surface area contributed by atoms with Crippen molar-refractivity contribution >= 4 is 17.6 Å². The Hall–Kier alpha value is -2.17. The van der Waals surface area contributed by atoms with Gasteiger partial charge in [0.1, 0.15) is 11.4 Å². The minimum atomic E-state index is -0.995. The number of rotatable bonds is 3. The molecule has 2 amide bonds. The minimum absolute atomic E-state index is 0.0803. The largest absolute Gasteiger partial charge is 0.366 e. The van der Waals surface area contributed by atoms with Gasteiger partial charge in [-0.05, 0) is 12.0 Å². The van der Waals surface area contributed by atoms with Crippen molar-refractivity contribution in [1.29, 1.82) is 0 Å². The zero-order valence-electron chi connectivity index (χ0n) is 16.1. The van der Waals surface area contributed by atoms with Crippen LogP contribution in [0.25, 0.3) is 0 Å². The first kappa shape index (κ1) is 19.2. The second kappa shape index (κ2) is 6.98. The number of hydrogen-bond donors (Lipinski definition) is 1. The van der Waals surface area contributed by atoms with Gasteiger partial charge in [-0.25, -0.2) is 0 Å². The van der Waals surface area contributed by atoms with Crippen LogP contribution < -0.4 is 5.32 Å². The molecule has 0 spiro atoms. The fraction of sp³-hybridized carbons (Fsp3) is 0.550. The molecule has 0 saturated carbocycles. The molecule has 0 saturated heterocycles. The van der Waals surface area contributed by atoms with Crippen molar-refractivity contribution in [2.45, 2.75) is 46.1 Å². The Morgan fingerprint density at radius 1 is 1.28 bits per heavy atom. The summed E-state index contributed by atoms with van der Waals surface area (Å²) in [5.74, 6) is 0.443. The second-order valence-electron chi connectivity index (χ2n) is 8.22. The first-order valence-electron chi connectivity index (χ1n) is 8.72. The Bertz CT molecular complexity index is 674. The third-order valence-electron chi connectivity index (χ3n) is 4.56. The lowest BCUT2D eigenvalue weighted by Crippen LogP contribution is -2.61. The lowest BCUT2D eigenvalue weighted by atomic mass is 9.78. The van der Waals surface area contributed by atoms with Crippen LogP contribution in [-0.2, 0) is 16.0 Å². The summed E-state index contributed by atoms with van der Waals surface area (Å²) in [6, 6.07) is 9.79. The van der Waals surface area contributed by atoms with Crippen molar-refractivity contribution in [2.75, 3.05) is 14.1 Å². The topological polar surface area (TPSA) is 61.8 Å². The molecule has 1 aliphatic heterocycles. The van der Waals surface area contributed by atoms with E-state index in [9.17, 15) is 9.59 Å². The molecule has 2 atom stereocenters. The van der Waals surface area contributed by atoms with E-state index in [2.05, 4.69) is 10.3 Å². The molecule has 1 aromatic carbocycles. The summed E-state index contributed by atoms with van der Waals surface area (Å²) >= 11 is 0. The highest BCUT2D eigenvalue weighted by atomic mass is 16.2. The summed E-state index contributed by atoms with van der Waals surface area (Å²) in [7, 11) is 3.78. The first-order chi connectivity index (χ1) is 11.5. The number of nitrogens with zero attached hydrogens (tertiary/aromatic N) is 2. The molecule has 1 heterocycles. The Morgan fingerprint density at radius 2 is 1.88 bits per heavy atom. The highest BCUT2D eigenvalue weighted by Gasteiger charge is 2.46. The molecule has 2 rings (SSSR count). The molecule has 0 aromatic heterocycles. The van der Waals surface area contributed by atoms with Gasteiger partial charge in [-0.2, -0.15) is 4.99 Å². The third kappa shape index (κ3) is 4.27. The standard InChI is InChI=1S/C20H29N3O2/c1-14-12-20(22-17(24)19(2,3)4,13-15-10-8-7-9-11-15)18(25)21-16(14)23(5)6/h7-11,14H,12-13H2,1-6H3,(H,22,24)/t14-,20-/m1/s1. The van der Waals surface area contributed by atoms with E-state index in [0.717, 1.165) is 11.4 Å². The van der Waals surface area contributed by atoms with E-state index in [1.165, 1.54) is 0 Å². The van der Waals surface area contributed by atoms with E-state index in [-0.39, 0.29) is 17.7 Å². The molecular formula is C20H29N3O2. The zero-order valence-corrected chi connectivity index (χ0v) is 16.1. The van der Waals surface area contributed by atoms with Gasteiger partial charge < -0.3 is 10.2 Å². The average Bonchev–Trinajstić information content (AvgIpc) is 2.50. The third-order valence-corrected chi connectivity index (χ3v) is 4.56. The maximum atomic E-state index is 13.0. The molecule has 5 nitrogen and oxygen atoms in total. The summed E-state index contributed by atoms with van der Waals surface area (Å²) in [5.41, 5.74) is -0.551. The molecule has 0 aliphatic carbocycles. The Balaban J connectivity index is 2.43. The highest BCUT2D eigenvalue weighted by Crippen LogP contribution is 2.31. The summed E-state index contributed by atoms with van der Waals surface area (Å²) < 4.78 is 0. The van der Waals surface area contributed by atoms with Crippen molar-refractivity contribution in [3.63, 3.8) is 0 Å². The van der Waals surface area contributed by atoms with E-state index >= 15 is 0 Å². The van der Waals surface area contributed by atoms with E-state index in [4.69, 9.17) is 0 Å². The van der Waals surface area contributed by atoms with Crippen LogP contribution >= 0.6 is 0 Å². The number of amides is 2. The average molecular weight is 343 g/mol. The molecule has 136 valence electrons. The molecule has 0 fully saturated rings. The van der Waals surface area contributed by atoms with Crippen LogP contribution in [0.15, 0.2) is 35.3 Å². The van der Waals surface area contributed by atoms with Crippen LogP contribution in [0, 0.1) is 11.3 Å². The van der Waals surface area contributed by atoms with E-state index < -0.39 is 11.0 Å². The SMILES string of the molecule is C[C@@H]1C[C@](Cc2ccccc2)(NC(=O)C(C)(C)C)C(=O)N=C1N(C)C. The number of amidine groups is 1. The zero-order chi connectivity index (χ0) is 18.8. The molecule has 0 unspecified atom stereocenters. The molecule has 1 N–H and O–H groups in total. The predicted molar refractivity (Wildman–Crippen MR) is 100 cm³/mol. The van der Waals surface area contributed by atoms with Crippen molar-refractivity contribution in [3.05, 3.63) is 35.9 Å². The van der Waals surface area contributed by atoms with E-state index in [1.54, 1.807) is 0 Å². The molecule has 0 bridgehead atoms. The van der Waals surface area contributed by atoms with Gasteiger partial charge in [0.15, 0.2) is 0 Å². The lowest BCUT2D eigenvalue weighted by molar-refractivity contribution is -0.137. The van der Waals surface area contributed by atoms with Crippen LogP contribution in [0.1, 0.15) is 39.7 Å². The van der Waals surface area contributed by atoms with Crippen molar-refractivity contribution in [2.24, 2.45) is 16.3 Å². The highest BCUT2D eigenvalue weighted by molar-refractivity contribution is 6.04. The maximum absolute atomic E-state index is 13.0. The number of carbonyl (C=O) groups excluding carboxylic acids is 2. The minimum Gasteiger partial charge on any atom is -0.366 e. The number of hydrogen-bond acceptors (Lipinski definition) is 3. The van der Waals surface area contributed by atoms with Gasteiger partial charge in [0.05, 0.1) is 0 Å². The van der Waals surface area contributed by atoms with Crippen LogP contribution in [0.3, 0.4) is 0 Å². The van der Waals surface area contributed by atoms with Gasteiger partial charge in [-0.1, -0.05) is 58.0 Å². The van der Waals surface area contributed by atoms with Crippen molar-refractivity contribution < 1.29 is 9.59 Å². The van der Waals surface area contributed by atoms with Gasteiger partial charge in [-0.3, -0.25) is 9.59 Å². The fourth-order valence-corrected chi connectivity index (χ4v) is 3.21. The smallest absolute Gasteiger partial charge is 0.273 e. The van der Waals surface area contributed by atoms with Gasteiger partial charge in [0.2, 0.25) is 5.91 Å². The van der Waals surface area contributed by atoms with Crippen LogP contribution in [0.4, 0.5) is 0 Å². The molecule has 1 aromatic rings. The van der Waals surface area contributed by atoms with Crippen LogP contribution in [0.2, 0.25) is 0 Å². The quantitative estimate of drug-likeness (QED) is 0.918. The molecule has 1 aliphatic rings. The first-order valence-corrected chi connectivity index (χ1v) is 8.72. The molecule has 0 radical (unpaired) electrons. The fourth-order valence-electron chi connectivity index (χ4n) is 3.21. The predicted octanol–water partition coefficient (Wildman–Crippen LogP) is 2.66. The van der Waals surface area contributed by atoms with Crippen LogP contribution in [0.5, 0.6) is 0 Å². The Morgan fingerprint density at radius 3 is 2.40 bits per heavy atom. The van der Waals surface area contributed by atoms with Gasteiger partial charge in [-0.15, -0.1) is 0 Å². The molecular weight excluding hydrogens is 314 g/mol. The number of aliphatic imine (C=N–C) groups is 1. The maximum Gasteiger partial charge on any atom is 0.273 e. The van der Waals surface area contributed by atoms with Crippen molar-refractivity contribution in [3.8, 4) is 0 Å². The van der Waals surface area contributed by atoms with Crippen molar-refractivity contribution in [1.82, 2.24) is 10.2 Å². The lowest BCUT2D eigenvalue weighted by Gasteiger charge is -2.40. The second-order valence-corrected chi connectivity index (χ2v) is 8.22. The summed E-state index contributed by atoms with van der Waals surface area (Å²) in [4.78, 5) is 31.9. The Kier molecular flexibility index (Phi) is 5.35. The number of nitrogens with one attached hydrogen (secondary N) is 1. The summed E-state index contributed by atoms with van der Waals surface area (Å²) in [6.07, 6.45) is 0.989. The van der Waals surface area contributed by atoms with Gasteiger partial charge in [0.25, 0.3) is 5.91 Å². The van der Waals surface area contributed by atoms with Crippen LogP contribution in [-0.4, -0.2) is 42.2 Å². The van der Waals surface area contributed by atoms with Gasteiger partial charge >= 0.3 is 0 Å². The monoisotopic (exact) mass is 343 g/mol. The van der Waals surface area contributed by atoms with E-state index in [1.807, 2.05) is 77.0 Å². The van der Waals surface area contributed by atoms with Gasteiger partial charge in [0, 0.05) is 31.8 Å². The molecule has 25 heavy (non-hydrogen) atoms. The Labute approximate surface area is 150 Å². The number of benzene rings is 1.